The topological polar surface area (TPSA) is 70.1 Å². The number of unbranched alkanes of at least 4 members (excludes halogenated alkanes) is 3. The normalized spacial score (nSPS) is 19.7. The van der Waals surface area contributed by atoms with Crippen molar-refractivity contribution >= 4 is 17.4 Å². The van der Waals surface area contributed by atoms with Crippen molar-refractivity contribution in [3.8, 4) is 5.75 Å². The number of amides is 2. The van der Waals surface area contributed by atoms with Gasteiger partial charge in [0.2, 0.25) is 0 Å². The average Bonchev–Trinajstić information content (AvgIpc) is 3.01. The van der Waals surface area contributed by atoms with E-state index < -0.39 is 0 Å². The Morgan fingerprint density at radius 3 is 2.48 bits per heavy atom. The smallest absolute Gasteiger partial charge is 0.277 e. The number of carbonyl (C=O) groups excluding carboxylic acids is 2. The zero-order chi connectivity index (χ0) is 22.4. The van der Waals surface area contributed by atoms with Gasteiger partial charge in [0, 0.05) is 26.2 Å². The van der Waals surface area contributed by atoms with Crippen LogP contribution in [0.15, 0.2) is 30.0 Å². The Hall–Kier alpha value is -2.34. The highest BCUT2D eigenvalue weighted by molar-refractivity contribution is 6.35. The molecule has 0 aliphatic carbocycles. The van der Waals surface area contributed by atoms with Gasteiger partial charge in [0.25, 0.3) is 11.8 Å². The van der Waals surface area contributed by atoms with E-state index in [0.717, 1.165) is 56.4 Å². The van der Waals surface area contributed by atoms with Crippen LogP contribution in [0.2, 0.25) is 0 Å². The number of likely N-dealkylation sites (tertiary alicyclic amines) is 1. The van der Waals surface area contributed by atoms with Gasteiger partial charge in [-0.05, 0) is 56.7 Å². The van der Waals surface area contributed by atoms with Crippen LogP contribution in [0.3, 0.4) is 0 Å². The summed E-state index contributed by atoms with van der Waals surface area (Å²) >= 11 is 0. The second-order valence-corrected chi connectivity index (χ2v) is 8.87. The van der Waals surface area contributed by atoms with E-state index >= 15 is 0 Å². The summed E-state index contributed by atoms with van der Waals surface area (Å²) in [6, 6.07) is 7.45. The number of carbonyl (C=O) groups is 2. The molecule has 1 aromatic carbocycles. The van der Waals surface area contributed by atoms with Crippen LogP contribution in [0.1, 0.15) is 64.9 Å². The zero-order valence-electron chi connectivity index (χ0n) is 19.1. The molecule has 1 fully saturated rings. The molecule has 2 heterocycles. The van der Waals surface area contributed by atoms with E-state index in [-0.39, 0.29) is 30.4 Å². The summed E-state index contributed by atoms with van der Waals surface area (Å²) in [4.78, 5) is 30.2. The predicted octanol–water partition coefficient (Wildman–Crippen LogP) is 3.84. The van der Waals surface area contributed by atoms with Crippen LogP contribution in [0.5, 0.6) is 5.75 Å². The van der Waals surface area contributed by atoms with Gasteiger partial charge in [-0.25, -0.2) is 0 Å². The molecular weight excluding hydrogens is 392 g/mol. The first-order valence-corrected chi connectivity index (χ1v) is 11.7. The van der Waals surface area contributed by atoms with Gasteiger partial charge in [0.05, 0.1) is 11.7 Å². The van der Waals surface area contributed by atoms with E-state index in [1.165, 1.54) is 4.90 Å². The van der Waals surface area contributed by atoms with Crippen molar-refractivity contribution in [2.75, 3.05) is 26.2 Å². The summed E-state index contributed by atoms with van der Waals surface area (Å²) < 4.78 is 5.73. The quantitative estimate of drug-likeness (QED) is 0.453. The fourth-order valence-electron chi connectivity index (χ4n) is 4.41. The van der Waals surface area contributed by atoms with Gasteiger partial charge < -0.3 is 14.7 Å². The van der Waals surface area contributed by atoms with Crippen molar-refractivity contribution in [2.45, 2.75) is 65.4 Å². The molecule has 0 bridgehead atoms. The van der Waals surface area contributed by atoms with E-state index in [9.17, 15) is 14.7 Å². The molecule has 0 spiro atoms. The molecule has 2 aliphatic rings. The first kappa shape index (κ1) is 23.3. The molecule has 0 saturated carbocycles. The van der Waals surface area contributed by atoms with E-state index in [1.807, 2.05) is 43.0 Å². The minimum atomic E-state index is -0.208. The number of nitrogens with zero attached hydrogens (tertiary/aromatic N) is 2. The van der Waals surface area contributed by atoms with Gasteiger partial charge in [-0.15, -0.1) is 0 Å². The molecule has 1 N–H and O–H groups in total. The molecule has 0 radical (unpaired) electrons. The minimum absolute atomic E-state index is 0.0673. The average molecular weight is 429 g/mol. The summed E-state index contributed by atoms with van der Waals surface area (Å²) in [5.41, 5.74) is 1.72. The van der Waals surface area contributed by atoms with Gasteiger partial charge in [-0.1, -0.05) is 38.3 Å². The zero-order valence-corrected chi connectivity index (χ0v) is 19.1. The maximum absolute atomic E-state index is 13.4. The Labute approximate surface area is 185 Å². The van der Waals surface area contributed by atoms with Crippen molar-refractivity contribution in [3.05, 3.63) is 35.5 Å². The Kier molecular flexibility index (Phi) is 8.13. The molecule has 1 aromatic rings. The summed E-state index contributed by atoms with van der Waals surface area (Å²) in [6.07, 6.45) is 5.96. The van der Waals surface area contributed by atoms with E-state index in [0.29, 0.717) is 24.4 Å². The van der Waals surface area contributed by atoms with Crippen LogP contribution in [0.25, 0.3) is 5.57 Å². The molecule has 6 heteroatoms. The molecule has 2 amide bonds. The lowest BCUT2D eigenvalue weighted by Crippen LogP contribution is -2.40. The number of hydrogen-bond donors (Lipinski definition) is 1. The van der Waals surface area contributed by atoms with Crippen LogP contribution < -0.4 is 4.74 Å². The van der Waals surface area contributed by atoms with Crippen LogP contribution in [-0.4, -0.2) is 59.1 Å². The van der Waals surface area contributed by atoms with E-state index in [1.54, 1.807) is 0 Å². The molecule has 31 heavy (non-hydrogen) atoms. The largest absolute Gasteiger partial charge is 0.491 e. The second-order valence-electron chi connectivity index (χ2n) is 8.87. The Morgan fingerprint density at radius 1 is 1.10 bits per heavy atom. The second kappa shape index (κ2) is 10.8. The fourth-order valence-corrected chi connectivity index (χ4v) is 4.41. The van der Waals surface area contributed by atoms with Crippen LogP contribution in [0.4, 0.5) is 0 Å². The summed E-state index contributed by atoms with van der Waals surface area (Å²) in [5.74, 6) is 0.468. The Morgan fingerprint density at radius 2 is 1.84 bits per heavy atom. The number of hydrogen-bond acceptors (Lipinski definition) is 5. The van der Waals surface area contributed by atoms with Crippen LogP contribution in [0, 0.1) is 5.92 Å². The van der Waals surface area contributed by atoms with Crippen LogP contribution >= 0.6 is 0 Å². The van der Waals surface area contributed by atoms with Gasteiger partial charge in [-0.3, -0.25) is 14.5 Å². The van der Waals surface area contributed by atoms with Crippen molar-refractivity contribution in [2.24, 2.45) is 5.92 Å². The summed E-state index contributed by atoms with van der Waals surface area (Å²) in [7, 11) is 0. The highest BCUT2D eigenvalue weighted by Crippen LogP contribution is 2.34. The lowest BCUT2D eigenvalue weighted by atomic mass is 9.97. The highest BCUT2D eigenvalue weighted by atomic mass is 16.5. The molecule has 0 aromatic heterocycles. The van der Waals surface area contributed by atoms with Crippen molar-refractivity contribution < 1.29 is 19.4 Å². The van der Waals surface area contributed by atoms with E-state index in [4.69, 9.17) is 4.74 Å². The maximum Gasteiger partial charge on any atom is 0.277 e. The predicted molar refractivity (Wildman–Crippen MR) is 121 cm³/mol. The molecular formula is C25H36N2O4. The van der Waals surface area contributed by atoms with Gasteiger partial charge in [0.1, 0.15) is 11.4 Å². The third-order valence-corrected chi connectivity index (χ3v) is 5.99. The Bertz CT molecular complexity index is 800. The first-order valence-electron chi connectivity index (χ1n) is 11.7. The number of rotatable bonds is 10. The molecule has 170 valence electrons. The molecule has 1 atom stereocenters. The molecule has 6 nitrogen and oxygen atoms in total. The molecule has 2 aliphatic heterocycles. The summed E-state index contributed by atoms with van der Waals surface area (Å²) in [5, 5.41) is 9.65. The summed E-state index contributed by atoms with van der Waals surface area (Å²) in [6.45, 7) is 7.97. The minimum Gasteiger partial charge on any atom is -0.491 e. The monoisotopic (exact) mass is 428 g/mol. The first-order chi connectivity index (χ1) is 15.0. The van der Waals surface area contributed by atoms with Gasteiger partial charge in [-0.2, -0.15) is 0 Å². The molecule has 1 saturated heterocycles. The number of imide groups is 1. The molecule has 1 unspecified atom stereocenters. The highest BCUT2D eigenvalue weighted by Gasteiger charge is 2.42. The van der Waals surface area contributed by atoms with E-state index in [2.05, 4.69) is 6.92 Å². The Balaban J connectivity index is 1.91. The van der Waals surface area contributed by atoms with Crippen molar-refractivity contribution in [1.82, 2.24) is 9.80 Å². The number of piperidine rings is 1. The number of benzene rings is 1. The van der Waals surface area contributed by atoms with Gasteiger partial charge >= 0.3 is 0 Å². The maximum atomic E-state index is 13.4. The standard InChI is InChI=1S/C25H36N2O4/c1-4-5-6-7-15-27-24(29)22(20-10-12-21(13-11-20)31-18(2)3)23(25(27)30)26-14-8-9-19(16-26)17-28/h10-13,18-19,28H,4-9,14-17H2,1-3H3. The third kappa shape index (κ3) is 5.48. The SMILES string of the molecule is CCCCCCN1C(=O)C(c2ccc(OC(C)C)cc2)=C(N2CCCC(CO)C2)C1=O. The number of ether oxygens (including phenoxy) is 1. The lowest BCUT2D eigenvalue weighted by molar-refractivity contribution is -0.137. The number of aliphatic hydroxyl groups excluding tert-OH is 1. The van der Waals surface area contributed by atoms with Crippen molar-refractivity contribution in [1.29, 1.82) is 0 Å². The fraction of sp³-hybridized carbons (Fsp3) is 0.600. The van der Waals surface area contributed by atoms with Gasteiger partial charge in [0.15, 0.2) is 0 Å². The lowest BCUT2D eigenvalue weighted by Gasteiger charge is -2.34. The molecule has 3 rings (SSSR count). The van der Waals surface area contributed by atoms with Crippen molar-refractivity contribution in [3.63, 3.8) is 0 Å². The number of aliphatic hydroxyl groups is 1. The van der Waals surface area contributed by atoms with Crippen LogP contribution in [-0.2, 0) is 9.59 Å². The third-order valence-electron chi connectivity index (χ3n) is 5.99.